The van der Waals surface area contributed by atoms with Gasteiger partial charge >= 0.3 is 0 Å². The zero-order chi connectivity index (χ0) is 11.0. The quantitative estimate of drug-likeness (QED) is 0.772. The highest BCUT2D eigenvalue weighted by Crippen LogP contribution is 2.27. The van der Waals surface area contributed by atoms with Gasteiger partial charge in [-0.3, -0.25) is 9.88 Å². The van der Waals surface area contributed by atoms with E-state index in [0.29, 0.717) is 5.92 Å². The number of aromatic nitrogens is 1. The predicted molar refractivity (Wildman–Crippen MR) is 64.3 cm³/mol. The lowest BCUT2D eigenvalue weighted by atomic mass is 9.92. The molecule has 0 saturated carbocycles. The van der Waals surface area contributed by atoms with Gasteiger partial charge in [0.1, 0.15) is 0 Å². The van der Waals surface area contributed by atoms with Gasteiger partial charge in [0.2, 0.25) is 0 Å². The van der Waals surface area contributed by atoms with Gasteiger partial charge in [-0.1, -0.05) is 6.07 Å². The van der Waals surface area contributed by atoms with Crippen molar-refractivity contribution in [1.29, 1.82) is 0 Å². The maximum absolute atomic E-state index is 4.62. The molecular formula is C13H19N3. The molecule has 1 N–H and O–H groups in total. The van der Waals surface area contributed by atoms with Crippen LogP contribution < -0.4 is 5.32 Å². The van der Waals surface area contributed by atoms with Crippen LogP contribution in [0.2, 0.25) is 0 Å². The van der Waals surface area contributed by atoms with Gasteiger partial charge in [0, 0.05) is 25.8 Å². The monoisotopic (exact) mass is 217 g/mol. The fraction of sp³-hybridized carbons (Fsp3) is 0.615. The third-order valence-corrected chi connectivity index (χ3v) is 3.71. The molecule has 2 aliphatic heterocycles. The Balaban J connectivity index is 1.84. The molecule has 1 fully saturated rings. The highest BCUT2D eigenvalue weighted by molar-refractivity contribution is 5.30. The minimum absolute atomic E-state index is 0.678. The maximum atomic E-state index is 4.62. The molecule has 1 aromatic heterocycles. The number of nitrogens with zero attached hydrogens (tertiary/aromatic N) is 2. The third-order valence-electron chi connectivity index (χ3n) is 3.71. The van der Waals surface area contributed by atoms with E-state index in [2.05, 4.69) is 34.5 Å². The summed E-state index contributed by atoms with van der Waals surface area (Å²) in [5.74, 6) is 0.678. The van der Waals surface area contributed by atoms with Crippen LogP contribution in [0.3, 0.4) is 0 Å². The normalized spacial score (nSPS) is 25.7. The topological polar surface area (TPSA) is 28.2 Å². The summed E-state index contributed by atoms with van der Waals surface area (Å²) in [6, 6.07) is 2.38. The van der Waals surface area contributed by atoms with Crippen molar-refractivity contribution < 1.29 is 0 Å². The summed E-state index contributed by atoms with van der Waals surface area (Å²) in [4.78, 5) is 6.94. The molecule has 16 heavy (non-hydrogen) atoms. The van der Waals surface area contributed by atoms with Gasteiger partial charge in [-0.2, -0.15) is 0 Å². The first kappa shape index (κ1) is 10.2. The van der Waals surface area contributed by atoms with E-state index >= 15 is 0 Å². The van der Waals surface area contributed by atoms with Crippen molar-refractivity contribution in [3.05, 3.63) is 29.1 Å². The molecule has 3 heteroatoms. The van der Waals surface area contributed by atoms with Gasteiger partial charge in [0.15, 0.2) is 0 Å². The SMILES string of the molecule is CN1Cc2cc(C3CCCNC3)cnc2C1. The van der Waals surface area contributed by atoms with Crippen LogP contribution in [-0.4, -0.2) is 30.0 Å². The molecule has 1 atom stereocenters. The van der Waals surface area contributed by atoms with Crippen molar-refractivity contribution in [3.63, 3.8) is 0 Å². The van der Waals surface area contributed by atoms with E-state index in [4.69, 9.17) is 0 Å². The van der Waals surface area contributed by atoms with Crippen molar-refractivity contribution in [2.45, 2.75) is 31.8 Å². The van der Waals surface area contributed by atoms with E-state index < -0.39 is 0 Å². The Hall–Kier alpha value is -0.930. The molecule has 1 unspecified atom stereocenters. The van der Waals surface area contributed by atoms with E-state index in [1.807, 2.05) is 0 Å². The first-order valence-corrected chi connectivity index (χ1v) is 6.20. The lowest BCUT2D eigenvalue weighted by Gasteiger charge is -2.23. The standard InChI is InChI=1S/C13H19N3/c1-16-8-12-5-11(7-15-13(12)9-16)10-3-2-4-14-6-10/h5,7,10,14H,2-4,6,8-9H2,1H3. The van der Waals surface area contributed by atoms with Gasteiger partial charge in [-0.05, 0) is 43.5 Å². The Morgan fingerprint density at radius 2 is 2.38 bits per heavy atom. The highest BCUT2D eigenvalue weighted by atomic mass is 15.1. The van der Waals surface area contributed by atoms with E-state index in [9.17, 15) is 0 Å². The molecule has 1 aromatic rings. The van der Waals surface area contributed by atoms with Crippen LogP contribution in [0.4, 0.5) is 0 Å². The minimum atomic E-state index is 0.678. The fourth-order valence-corrected chi connectivity index (χ4v) is 2.80. The third kappa shape index (κ3) is 1.85. The molecule has 0 aromatic carbocycles. The summed E-state index contributed by atoms with van der Waals surface area (Å²) in [5.41, 5.74) is 4.14. The molecular weight excluding hydrogens is 198 g/mol. The van der Waals surface area contributed by atoms with Crippen LogP contribution in [0.25, 0.3) is 0 Å². The molecule has 0 aliphatic carbocycles. The number of fused-ring (bicyclic) bond motifs is 1. The molecule has 2 aliphatic rings. The number of hydrogen-bond acceptors (Lipinski definition) is 3. The molecule has 86 valence electrons. The molecule has 3 nitrogen and oxygen atoms in total. The lowest BCUT2D eigenvalue weighted by Crippen LogP contribution is -2.28. The molecule has 0 radical (unpaired) electrons. The first-order valence-electron chi connectivity index (χ1n) is 6.20. The molecule has 0 amide bonds. The number of nitrogens with one attached hydrogen (secondary N) is 1. The lowest BCUT2D eigenvalue weighted by molar-refractivity contribution is 0.351. The fourth-order valence-electron chi connectivity index (χ4n) is 2.80. The molecule has 1 saturated heterocycles. The Bertz CT molecular complexity index is 383. The van der Waals surface area contributed by atoms with Gasteiger partial charge in [-0.15, -0.1) is 0 Å². The van der Waals surface area contributed by atoms with Crippen LogP contribution >= 0.6 is 0 Å². The summed E-state index contributed by atoms with van der Waals surface area (Å²) >= 11 is 0. The van der Waals surface area contributed by atoms with Crippen molar-refractivity contribution in [2.24, 2.45) is 0 Å². The van der Waals surface area contributed by atoms with Crippen molar-refractivity contribution in [2.75, 3.05) is 20.1 Å². The average Bonchev–Trinajstić information content (AvgIpc) is 2.69. The second-order valence-corrected chi connectivity index (χ2v) is 5.09. The summed E-state index contributed by atoms with van der Waals surface area (Å²) in [5, 5.41) is 3.47. The van der Waals surface area contributed by atoms with Gasteiger partial charge in [0.05, 0.1) is 5.69 Å². The average molecular weight is 217 g/mol. The van der Waals surface area contributed by atoms with Crippen LogP contribution in [0.1, 0.15) is 35.6 Å². The van der Waals surface area contributed by atoms with E-state index in [-0.39, 0.29) is 0 Å². The second-order valence-electron chi connectivity index (χ2n) is 5.09. The van der Waals surface area contributed by atoms with Gasteiger partial charge in [-0.25, -0.2) is 0 Å². The Morgan fingerprint density at radius 3 is 3.19 bits per heavy atom. The van der Waals surface area contributed by atoms with Gasteiger partial charge in [0.25, 0.3) is 0 Å². The van der Waals surface area contributed by atoms with Crippen LogP contribution in [0.5, 0.6) is 0 Å². The number of hydrogen-bond donors (Lipinski definition) is 1. The Labute approximate surface area is 96.9 Å². The molecule has 3 rings (SSSR count). The molecule has 0 spiro atoms. The highest BCUT2D eigenvalue weighted by Gasteiger charge is 2.20. The van der Waals surface area contributed by atoms with E-state index in [0.717, 1.165) is 19.6 Å². The molecule has 0 bridgehead atoms. The summed E-state index contributed by atoms with van der Waals surface area (Å²) in [7, 11) is 2.16. The zero-order valence-corrected chi connectivity index (χ0v) is 9.87. The van der Waals surface area contributed by atoms with Crippen LogP contribution in [-0.2, 0) is 13.1 Å². The summed E-state index contributed by atoms with van der Waals surface area (Å²) in [6.45, 7) is 4.38. The zero-order valence-electron chi connectivity index (χ0n) is 9.87. The van der Waals surface area contributed by atoms with Crippen LogP contribution in [0, 0.1) is 0 Å². The Morgan fingerprint density at radius 1 is 1.44 bits per heavy atom. The number of pyridine rings is 1. The van der Waals surface area contributed by atoms with Crippen molar-refractivity contribution >= 4 is 0 Å². The smallest absolute Gasteiger partial charge is 0.0589 e. The van der Waals surface area contributed by atoms with E-state index in [1.54, 1.807) is 0 Å². The first-order chi connectivity index (χ1) is 7.83. The van der Waals surface area contributed by atoms with Gasteiger partial charge < -0.3 is 5.32 Å². The molecule has 3 heterocycles. The predicted octanol–water partition coefficient (Wildman–Crippen LogP) is 1.49. The van der Waals surface area contributed by atoms with Crippen LogP contribution in [0.15, 0.2) is 12.3 Å². The van der Waals surface area contributed by atoms with Crippen molar-refractivity contribution in [1.82, 2.24) is 15.2 Å². The number of rotatable bonds is 1. The number of piperidine rings is 1. The second kappa shape index (κ2) is 4.15. The van der Waals surface area contributed by atoms with Crippen molar-refractivity contribution in [3.8, 4) is 0 Å². The summed E-state index contributed by atoms with van der Waals surface area (Å²) in [6.07, 6.45) is 4.70. The van der Waals surface area contributed by atoms with E-state index in [1.165, 1.54) is 36.2 Å². The largest absolute Gasteiger partial charge is 0.316 e. The maximum Gasteiger partial charge on any atom is 0.0589 e. The minimum Gasteiger partial charge on any atom is -0.316 e. The summed E-state index contributed by atoms with van der Waals surface area (Å²) < 4.78 is 0. The Kier molecular flexibility index (Phi) is 2.65.